The van der Waals surface area contributed by atoms with Gasteiger partial charge >= 0.3 is 0 Å². The first-order valence-electron chi connectivity index (χ1n) is 12.1. The quantitative estimate of drug-likeness (QED) is 0.283. The molecule has 6 heteroatoms. The molecule has 3 rings (SSSR count). The maximum Gasteiger partial charge on any atom is 0.243 e. The van der Waals surface area contributed by atoms with Gasteiger partial charge < -0.3 is 10.2 Å². The number of hydrogen-bond acceptors (Lipinski definition) is 2. The molecule has 0 unspecified atom stereocenters. The highest BCUT2D eigenvalue weighted by atomic mass is 35.5. The van der Waals surface area contributed by atoms with Crippen LogP contribution in [0.5, 0.6) is 0 Å². The summed E-state index contributed by atoms with van der Waals surface area (Å²) in [5, 5.41) is 4.31. The fourth-order valence-corrected chi connectivity index (χ4v) is 4.18. The molecule has 0 radical (unpaired) electrons. The summed E-state index contributed by atoms with van der Waals surface area (Å²) >= 11 is 12.1. The number of carbonyl (C=O) groups is 2. The lowest BCUT2D eigenvalue weighted by atomic mass is 10.0. The SMILES string of the molecule is CCCCCNC(=O)[C@@H](Cc1ccccc1)N(Cc1ccc(Cl)cc1)C(=O)Cc1ccc(Cl)cc1. The van der Waals surface area contributed by atoms with Crippen LogP contribution < -0.4 is 5.32 Å². The van der Waals surface area contributed by atoms with E-state index in [-0.39, 0.29) is 18.2 Å². The topological polar surface area (TPSA) is 49.4 Å². The average Bonchev–Trinajstić information content (AvgIpc) is 2.87. The van der Waals surface area contributed by atoms with Gasteiger partial charge in [-0.3, -0.25) is 9.59 Å². The van der Waals surface area contributed by atoms with E-state index in [1.165, 1.54) is 0 Å². The first-order valence-corrected chi connectivity index (χ1v) is 12.8. The number of carbonyl (C=O) groups excluding carboxylic acids is 2. The maximum atomic E-state index is 13.7. The zero-order valence-electron chi connectivity index (χ0n) is 20.1. The van der Waals surface area contributed by atoms with Crippen molar-refractivity contribution in [1.29, 1.82) is 0 Å². The lowest BCUT2D eigenvalue weighted by Gasteiger charge is -2.32. The van der Waals surface area contributed by atoms with Gasteiger partial charge in [0, 0.05) is 29.6 Å². The monoisotopic (exact) mass is 510 g/mol. The third-order valence-corrected chi connectivity index (χ3v) is 6.39. The first kappa shape index (κ1) is 26.8. The van der Waals surface area contributed by atoms with E-state index in [1.54, 1.807) is 29.2 Å². The Balaban J connectivity index is 1.90. The van der Waals surface area contributed by atoms with Crippen molar-refractivity contribution in [1.82, 2.24) is 10.2 Å². The second-order valence-electron chi connectivity index (χ2n) is 8.66. The van der Waals surface area contributed by atoms with Crippen LogP contribution in [0.3, 0.4) is 0 Å². The molecule has 0 bridgehead atoms. The molecule has 0 saturated carbocycles. The molecule has 0 aliphatic rings. The van der Waals surface area contributed by atoms with Crippen LogP contribution in [0.1, 0.15) is 42.9 Å². The Morgan fingerprint density at radius 3 is 2.00 bits per heavy atom. The number of nitrogens with one attached hydrogen (secondary N) is 1. The average molecular weight is 511 g/mol. The Labute approximate surface area is 218 Å². The first-order chi connectivity index (χ1) is 17.0. The van der Waals surface area contributed by atoms with Crippen LogP contribution in [-0.4, -0.2) is 29.3 Å². The summed E-state index contributed by atoms with van der Waals surface area (Å²) in [5.41, 5.74) is 2.76. The molecule has 3 aromatic carbocycles. The van der Waals surface area contributed by atoms with Crippen LogP contribution in [0.4, 0.5) is 0 Å². The van der Waals surface area contributed by atoms with Crippen LogP contribution in [0.2, 0.25) is 10.0 Å². The molecule has 0 fully saturated rings. The molecule has 1 N–H and O–H groups in total. The van der Waals surface area contributed by atoms with E-state index in [4.69, 9.17) is 23.2 Å². The number of benzene rings is 3. The van der Waals surface area contributed by atoms with Crippen LogP contribution in [0.25, 0.3) is 0 Å². The highest BCUT2D eigenvalue weighted by molar-refractivity contribution is 6.30. The lowest BCUT2D eigenvalue weighted by molar-refractivity contribution is -0.140. The van der Waals surface area contributed by atoms with E-state index in [0.717, 1.165) is 36.0 Å². The van der Waals surface area contributed by atoms with Crippen LogP contribution in [0.15, 0.2) is 78.9 Å². The lowest BCUT2D eigenvalue weighted by Crippen LogP contribution is -2.51. The smallest absolute Gasteiger partial charge is 0.243 e. The Morgan fingerprint density at radius 2 is 1.40 bits per heavy atom. The van der Waals surface area contributed by atoms with Crippen molar-refractivity contribution in [2.24, 2.45) is 0 Å². The molecule has 0 saturated heterocycles. The number of unbranched alkanes of at least 4 members (excludes halogenated alkanes) is 2. The molecule has 0 aliphatic carbocycles. The summed E-state index contributed by atoms with van der Waals surface area (Å²) in [7, 11) is 0. The van der Waals surface area contributed by atoms with Gasteiger partial charge in [0.15, 0.2) is 0 Å². The van der Waals surface area contributed by atoms with E-state index in [0.29, 0.717) is 29.6 Å². The molecular formula is C29H32Cl2N2O2. The molecule has 3 aromatic rings. The van der Waals surface area contributed by atoms with Crippen molar-refractivity contribution in [3.63, 3.8) is 0 Å². The number of amides is 2. The van der Waals surface area contributed by atoms with Gasteiger partial charge in [0.05, 0.1) is 6.42 Å². The Bertz CT molecular complexity index is 1070. The van der Waals surface area contributed by atoms with E-state index in [2.05, 4.69) is 12.2 Å². The molecule has 0 aromatic heterocycles. The fraction of sp³-hybridized carbons (Fsp3) is 0.310. The van der Waals surface area contributed by atoms with Crippen molar-refractivity contribution in [2.45, 2.75) is 51.6 Å². The molecule has 4 nitrogen and oxygen atoms in total. The minimum absolute atomic E-state index is 0.119. The Morgan fingerprint density at radius 1 is 0.800 bits per heavy atom. The standard InChI is InChI=1S/C29H32Cl2N2O2/c1-2-3-7-18-32-29(35)27(19-22-8-5-4-6-9-22)33(21-24-12-16-26(31)17-13-24)28(34)20-23-10-14-25(30)15-11-23/h4-6,8-17,27H,2-3,7,18-21H2,1H3,(H,32,35)/t27-/m1/s1. The highest BCUT2D eigenvalue weighted by Crippen LogP contribution is 2.19. The van der Waals surface area contributed by atoms with Gasteiger partial charge in [-0.25, -0.2) is 0 Å². The molecule has 1 atom stereocenters. The zero-order chi connectivity index (χ0) is 25.0. The zero-order valence-corrected chi connectivity index (χ0v) is 21.6. The summed E-state index contributed by atoms with van der Waals surface area (Å²) in [6.45, 7) is 3.03. The van der Waals surface area contributed by atoms with Crippen LogP contribution in [0, 0.1) is 0 Å². The van der Waals surface area contributed by atoms with Gasteiger partial charge in [-0.1, -0.05) is 97.6 Å². The van der Waals surface area contributed by atoms with Crippen molar-refractivity contribution in [3.05, 3.63) is 106 Å². The molecule has 184 valence electrons. The van der Waals surface area contributed by atoms with Gasteiger partial charge in [0.2, 0.25) is 11.8 Å². The van der Waals surface area contributed by atoms with Crippen molar-refractivity contribution in [3.8, 4) is 0 Å². The molecule has 2 amide bonds. The third-order valence-electron chi connectivity index (χ3n) is 5.89. The van der Waals surface area contributed by atoms with E-state index < -0.39 is 6.04 Å². The van der Waals surface area contributed by atoms with Crippen LogP contribution >= 0.6 is 23.2 Å². The van der Waals surface area contributed by atoms with Crippen LogP contribution in [-0.2, 0) is 29.0 Å². The summed E-state index contributed by atoms with van der Waals surface area (Å²) in [5.74, 6) is -0.254. The highest BCUT2D eigenvalue weighted by Gasteiger charge is 2.30. The van der Waals surface area contributed by atoms with Gasteiger partial charge in [0.1, 0.15) is 6.04 Å². The maximum absolute atomic E-state index is 13.7. The van der Waals surface area contributed by atoms with E-state index >= 15 is 0 Å². The fourth-order valence-electron chi connectivity index (χ4n) is 3.92. The number of rotatable bonds is 12. The molecule has 35 heavy (non-hydrogen) atoms. The van der Waals surface area contributed by atoms with E-state index in [1.807, 2.05) is 54.6 Å². The Kier molecular flexibility index (Phi) is 10.6. The van der Waals surface area contributed by atoms with E-state index in [9.17, 15) is 9.59 Å². The van der Waals surface area contributed by atoms with Crippen molar-refractivity contribution >= 4 is 35.0 Å². The number of nitrogens with zero attached hydrogens (tertiary/aromatic N) is 1. The molecule has 0 aliphatic heterocycles. The second-order valence-corrected chi connectivity index (χ2v) is 9.53. The predicted octanol–water partition coefficient (Wildman–Crippen LogP) is 6.48. The molecular weight excluding hydrogens is 479 g/mol. The summed E-state index contributed by atoms with van der Waals surface area (Å²) in [4.78, 5) is 28.8. The van der Waals surface area contributed by atoms with Gasteiger partial charge in [0.25, 0.3) is 0 Å². The Hall–Kier alpha value is -2.82. The van der Waals surface area contributed by atoms with Crippen molar-refractivity contribution < 1.29 is 9.59 Å². The van der Waals surface area contributed by atoms with Gasteiger partial charge in [-0.05, 0) is 47.4 Å². The third kappa shape index (κ3) is 8.72. The normalized spacial score (nSPS) is 11.6. The van der Waals surface area contributed by atoms with Gasteiger partial charge in [-0.2, -0.15) is 0 Å². The number of halogens is 2. The summed E-state index contributed by atoms with van der Waals surface area (Å²) < 4.78 is 0. The minimum Gasteiger partial charge on any atom is -0.354 e. The summed E-state index contributed by atoms with van der Waals surface area (Å²) in [6.07, 6.45) is 3.65. The summed E-state index contributed by atoms with van der Waals surface area (Å²) in [6, 6.07) is 23.8. The number of hydrogen-bond donors (Lipinski definition) is 1. The van der Waals surface area contributed by atoms with Crippen molar-refractivity contribution in [2.75, 3.05) is 6.54 Å². The predicted molar refractivity (Wildman–Crippen MR) is 144 cm³/mol. The largest absolute Gasteiger partial charge is 0.354 e. The minimum atomic E-state index is -0.644. The molecule has 0 heterocycles. The van der Waals surface area contributed by atoms with Gasteiger partial charge in [-0.15, -0.1) is 0 Å². The second kappa shape index (κ2) is 13.9. The molecule has 0 spiro atoms.